The van der Waals surface area contributed by atoms with Crippen LogP contribution < -0.4 is 9.47 Å². The molecule has 0 saturated carbocycles. The number of rotatable bonds is 9. The van der Waals surface area contributed by atoms with Gasteiger partial charge in [0.05, 0.1) is 17.9 Å². The molecule has 0 spiro atoms. The van der Waals surface area contributed by atoms with Crippen LogP contribution in [-0.4, -0.2) is 17.9 Å². The molecule has 0 aliphatic carbocycles. The van der Waals surface area contributed by atoms with E-state index in [1.54, 1.807) is 18.2 Å². The molecule has 0 fully saturated rings. The second kappa shape index (κ2) is 9.76. The molecule has 1 heterocycles. The van der Waals surface area contributed by atoms with Crippen molar-refractivity contribution in [1.82, 2.24) is 4.98 Å². The smallest absolute Gasteiger partial charge is 0.226 e. The van der Waals surface area contributed by atoms with E-state index >= 15 is 0 Å². The van der Waals surface area contributed by atoms with Crippen molar-refractivity contribution >= 4 is 6.29 Å². The second-order valence-corrected chi connectivity index (χ2v) is 7.08. The third kappa shape index (κ3) is 5.20. The van der Waals surface area contributed by atoms with Crippen molar-refractivity contribution in [2.45, 2.75) is 20.0 Å². The molecule has 156 valence electrons. The fraction of sp³-hybridized carbons (Fsp3) is 0.154. The molecular weight excluding hydrogens is 390 g/mol. The first-order chi connectivity index (χ1) is 15.2. The fourth-order valence-electron chi connectivity index (χ4n) is 3.19. The van der Waals surface area contributed by atoms with Crippen molar-refractivity contribution in [2.24, 2.45) is 0 Å². The molecule has 1 aromatic heterocycles. The van der Waals surface area contributed by atoms with Gasteiger partial charge < -0.3 is 13.9 Å². The Morgan fingerprint density at radius 2 is 1.68 bits per heavy atom. The number of carbonyl (C=O) groups is 1. The average molecular weight is 413 g/mol. The summed E-state index contributed by atoms with van der Waals surface area (Å²) < 4.78 is 17.5. The topological polar surface area (TPSA) is 61.6 Å². The lowest BCUT2D eigenvalue weighted by molar-refractivity contribution is 0.111. The van der Waals surface area contributed by atoms with Crippen LogP contribution in [0.5, 0.6) is 11.5 Å². The lowest BCUT2D eigenvalue weighted by Gasteiger charge is -2.11. The molecule has 5 nitrogen and oxygen atoms in total. The number of ether oxygens (including phenoxy) is 2. The monoisotopic (exact) mass is 413 g/mol. The minimum absolute atomic E-state index is 0.366. The van der Waals surface area contributed by atoms with E-state index in [4.69, 9.17) is 13.9 Å². The highest BCUT2D eigenvalue weighted by molar-refractivity contribution is 5.79. The minimum atomic E-state index is 0.366. The third-order valence-corrected chi connectivity index (χ3v) is 4.87. The zero-order valence-corrected chi connectivity index (χ0v) is 17.3. The number of aldehydes is 1. The normalized spacial score (nSPS) is 10.6. The summed E-state index contributed by atoms with van der Waals surface area (Å²) in [6, 6.07) is 24.9. The largest absolute Gasteiger partial charge is 0.492 e. The fourth-order valence-corrected chi connectivity index (χ4v) is 3.19. The van der Waals surface area contributed by atoms with Gasteiger partial charge in [-0.1, -0.05) is 48.5 Å². The van der Waals surface area contributed by atoms with Crippen LogP contribution in [0.25, 0.3) is 11.5 Å². The van der Waals surface area contributed by atoms with Crippen LogP contribution in [0.3, 0.4) is 0 Å². The first-order valence-electron chi connectivity index (χ1n) is 10.1. The second-order valence-electron chi connectivity index (χ2n) is 7.08. The number of benzene rings is 3. The quantitative estimate of drug-likeness (QED) is 0.331. The summed E-state index contributed by atoms with van der Waals surface area (Å²) in [5.74, 6) is 2.49. The van der Waals surface area contributed by atoms with Crippen molar-refractivity contribution in [3.63, 3.8) is 0 Å². The Balaban J connectivity index is 1.40. The van der Waals surface area contributed by atoms with Gasteiger partial charge in [-0.15, -0.1) is 0 Å². The van der Waals surface area contributed by atoms with Gasteiger partial charge in [-0.05, 0) is 36.8 Å². The third-order valence-electron chi connectivity index (χ3n) is 4.87. The maximum atomic E-state index is 11.4. The predicted molar refractivity (Wildman–Crippen MR) is 118 cm³/mol. The highest BCUT2D eigenvalue weighted by Gasteiger charge is 2.12. The molecule has 3 aromatic carbocycles. The molecule has 0 atom stereocenters. The van der Waals surface area contributed by atoms with E-state index in [1.165, 1.54) is 0 Å². The van der Waals surface area contributed by atoms with Crippen LogP contribution in [0, 0.1) is 6.92 Å². The summed E-state index contributed by atoms with van der Waals surface area (Å²) in [4.78, 5) is 16.0. The van der Waals surface area contributed by atoms with Gasteiger partial charge in [-0.3, -0.25) is 4.79 Å². The lowest BCUT2D eigenvalue weighted by atomic mass is 10.2. The molecule has 31 heavy (non-hydrogen) atoms. The van der Waals surface area contributed by atoms with Gasteiger partial charge in [0, 0.05) is 18.1 Å². The molecule has 0 N–H and O–H groups in total. The molecule has 0 amide bonds. The van der Waals surface area contributed by atoms with E-state index in [9.17, 15) is 4.79 Å². The Labute approximate surface area is 181 Å². The summed E-state index contributed by atoms with van der Waals surface area (Å²) in [5, 5.41) is 0. The molecule has 0 radical (unpaired) electrons. The van der Waals surface area contributed by atoms with E-state index in [0.717, 1.165) is 28.9 Å². The van der Waals surface area contributed by atoms with Crippen molar-refractivity contribution in [2.75, 3.05) is 6.61 Å². The van der Waals surface area contributed by atoms with Gasteiger partial charge >= 0.3 is 0 Å². The highest BCUT2D eigenvalue weighted by Crippen LogP contribution is 2.26. The van der Waals surface area contributed by atoms with Crippen molar-refractivity contribution in [3.8, 4) is 23.0 Å². The standard InChI is InChI=1S/C26H23NO4/c1-19-24(27-26(31-19)21-10-6-3-7-11-21)14-15-29-25-16-23(13-12-22(25)17-28)30-18-20-8-4-2-5-9-20/h2-13,16-17H,14-15,18H2,1H3. The Morgan fingerprint density at radius 3 is 2.42 bits per heavy atom. The Morgan fingerprint density at radius 1 is 0.935 bits per heavy atom. The molecule has 0 saturated heterocycles. The lowest BCUT2D eigenvalue weighted by Crippen LogP contribution is -2.05. The Kier molecular flexibility index (Phi) is 6.43. The molecule has 0 aliphatic heterocycles. The van der Waals surface area contributed by atoms with Gasteiger partial charge in [0.1, 0.15) is 23.9 Å². The van der Waals surface area contributed by atoms with E-state index in [0.29, 0.717) is 42.6 Å². The number of hydrogen-bond acceptors (Lipinski definition) is 5. The molecule has 5 heteroatoms. The van der Waals surface area contributed by atoms with Crippen LogP contribution in [0.4, 0.5) is 0 Å². The van der Waals surface area contributed by atoms with Crippen molar-refractivity contribution in [1.29, 1.82) is 0 Å². The van der Waals surface area contributed by atoms with E-state index < -0.39 is 0 Å². The minimum Gasteiger partial charge on any atom is -0.492 e. The molecule has 4 aromatic rings. The summed E-state index contributed by atoms with van der Waals surface area (Å²) in [5.41, 5.74) is 3.32. The molecule has 0 aliphatic rings. The van der Waals surface area contributed by atoms with Gasteiger partial charge in [0.2, 0.25) is 5.89 Å². The first kappa shape index (κ1) is 20.4. The van der Waals surface area contributed by atoms with Crippen LogP contribution in [0.15, 0.2) is 83.3 Å². The van der Waals surface area contributed by atoms with Crippen LogP contribution in [0.1, 0.15) is 27.4 Å². The molecule has 4 rings (SSSR count). The van der Waals surface area contributed by atoms with Gasteiger partial charge in [0.15, 0.2) is 6.29 Å². The van der Waals surface area contributed by atoms with E-state index in [1.807, 2.05) is 67.6 Å². The summed E-state index contributed by atoms with van der Waals surface area (Å²) in [6.45, 7) is 2.70. The molecule has 0 unspecified atom stereocenters. The van der Waals surface area contributed by atoms with Crippen LogP contribution in [-0.2, 0) is 13.0 Å². The van der Waals surface area contributed by atoms with Crippen molar-refractivity contribution < 1.29 is 18.7 Å². The van der Waals surface area contributed by atoms with Crippen LogP contribution >= 0.6 is 0 Å². The molecular formula is C26H23NO4. The summed E-state index contributed by atoms with van der Waals surface area (Å²) in [6.07, 6.45) is 1.35. The van der Waals surface area contributed by atoms with E-state index in [2.05, 4.69) is 4.98 Å². The van der Waals surface area contributed by atoms with Gasteiger partial charge in [0.25, 0.3) is 0 Å². The highest BCUT2D eigenvalue weighted by atomic mass is 16.5. The number of nitrogens with zero attached hydrogens (tertiary/aromatic N) is 1. The number of carbonyl (C=O) groups excluding carboxylic acids is 1. The summed E-state index contributed by atoms with van der Waals surface area (Å²) in [7, 11) is 0. The zero-order valence-electron chi connectivity index (χ0n) is 17.3. The van der Waals surface area contributed by atoms with E-state index in [-0.39, 0.29) is 0 Å². The zero-order chi connectivity index (χ0) is 21.5. The predicted octanol–water partition coefficient (Wildman–Crippen LogP) is 5.66. The maximum Gasteiger partial charge on any atom is 0.226 e. The Hall–Kier alpha value is -3.86. The number of oxazole rings is 1. The Bertz CT molecular complexity index is 1140. The van der Waals surface area contributed by atoms with Crippen LogP contribution in [0.2, 0.25) is 0 Å². The number of hydrogen-bond donors (Lipinski definition) is 0. The number of aromatic nitrogens is 1. The van der Waals surface area contributed by atoms with Crippen molar-refractivity contribution in [3.05, 3.63) is 101 Å². The molecule has 0 bridgehead atoms. The van der Waals surface area contributed by atoms with Gasteiger partial charge in [-0.2, -0.15) is 0 Å². The van der Waals surface area contributed by atoms with Gasteiger partial charge in [-0.25, -0.2) is 4.98 Å². The SMILES string of the molecule is Cc1oc(-c2ccccc2)nc1CCOc1cc(OCc2ccccc2)ccc1C=O. The first-order valence-corrected chi connectivity index (χ1v) is 10.1. The number of aryl methyl sites for hydroxylation is 1. The average Bonchev–Trinajstić information content (AvgIpc) is 3.19. The maximum absolute atomic E-state index is 11.4. The summed E-state index contributed by atoms with van der Waals surface area (Å²) >= 11 is 0.